The highest BCUT2D eigenvalue weighted by Gasteiger charge is 2.43. The summed E-state index contributed by atoms with van der Waals surface area (Å²) in [5.41, 5.74) is 0. The van der Waals surface area contributed by atoms with Gasteiger partial charge < -0.3 is 5.32 Å². The van der Waals surface area contributed by atoms with E-state index >= 15 is 0 Å². The van der Waals surface area contributed by atoms with E-state index in [-0.39, 0.29) is 11.7 Å². The van der Waals surface area contributed by atoms with Crippen molar-refractivity contribution in [2.45, 2.75) is 23.2 Å². The maximum Gasteiger partial charge on any atom is 0.217 e. The van der Waals surface area contributed by atoms with Crippen molar-refractivity contribution in [3.8, 4) is 0 Å². The molecular weight excluding hydrogens is 293 g/mol. The van der Waals surface area contributed by atoms with Crippen LogP contribution >= 0.6 is 46.6 Å². The molecule has 1 aliphatic rings. The van der Waals surface area contributed by atoms with Crippen molar-refractivity contribution in [1.29, 1.82) is 0 Å². The first-order valence-corrected chi connectivity index (χ1v) is 7.05. The minimum Gasteiger partial charge on any atom is -0.349 e. The Labute approximate surface area is 114 Å². The third kappa shape index (κ3) is 3.99. The molecule has 7 heteroatoms. The second kappa shape index (κ2) is 5.80. The zero-order valence-electron chi connectivity index (χ0n) is 8.63. The molecule has 0 saturated carbocycles. The third-order valence-corrected chi connectivity index (χ3v) is 4.11. The van der Waals surface area contributed by atoms with Crippen LogP contribution in [-0.2, 0) is 9.59 Å². The molecule has 0 aromatic heterocycles. The summed E-state index contributed by atoms with van der Waals surface area (Å²) in [6, 6.07) is -0.754. The number of hydrogen-bond acceptors (Lipinski definition) is 3. The van der Waals surface area contributed by atoms with Crippen molar-refractivity contribution < 1.29 is 9.59 Å². The molecule has 0 bridgehead atoms. The first-order chi connectivity index (χ1) is 7.32. The monoisotopic (exact) mass is 303 g/mol. The predicted molar refractivity (Wildman–Crippen MR) is 68.3 cm³/mol. The van der Waals surface area contributed by atoms with Crippen LogP contribution in [0.4, 0.5) is 0 Å². The molecule has 0 radical (unpaired) electrons. The lowest BCUT2D eigenvalue weighted by Crippen LogP contribution is -2.52. The number of rotatable bonds is 2. The van der Waals surface area contributed by atoms with Gasteiger partial charge in [-0.05, 0) is 0 Å². The summed E-state index contributed by atoms with van der Waals surface area (Å²) < 4.78 is -1.66. The minimum absolute atomic E-state index is 0.0452. The van der Waals surface area contributed by atoms with Crippen LogP contribution in [0, 0.1) is 5.92 Å². The Morgan fingerprint density at radius 1 is 1.56 bits per heavy atom. The summed E-state index contributed by atoms with van der Waals surface area (Å²) in [6.45, 7) is 1.34. The maximum absolute atomic E-state index is 11.7. The highest BCUT2D eigenvalue weighted by Crippen LogP contribution is 2.37. The lowest BCUT2D eigenvalue weighted by Gasteiger charge is -2.33. The number of alkyl halides is 3. The van der Waals surface area contributed by atoms with Crippen LogP contribution in [0.3, 0.4) is 0 Å². The number of ketones is 1. The number of thioether (sulfide) groups is 1. The Morgan fingerprint density at radius 3 is 2.62 bits per heavy atom. The third-order valence-electron chi connectivity index (χ3n) is 2.32. The fourth-order valence-corrected chi connectivity index (χ4v) is 3.34. The van der Waals surface area contributed by atoms with Crippen LogP contribution in [0.25, 0.3) is 0 Å². The fourth-order valence-electron chi connectivity index (χ4n) is 1.57. The van der Waals surface area contributed by atoms with E-state index in [2.05, 4.69) is 5.32 Å². The number of carbonyl (C=O) groups excluding carboxylic acids is 2. The Bertz CT molecular complexity index is 293. The molecule has 92 valence electrons. The van der Waals surface area contributed by atoms with Crippen molar-refractivity contribution in [1.82, 2.24) is 5.32 Å². The molecule has 1 heterocycles. The average Bonchev–Trinajstić information content (AvgIpc) is 2.13. The van der Waals surface area contributed by atoms with Crippen molar-refractivity contribution in [2.24, 2.45) is 5.92 Å². The maximum atomic E-state index is 11.7. The quantitative estimate of drug-likeness (QED) is 0.796. The molecule has 2 atom stereocenters. The Hall–Kier alpha value is 0.360. The molecule has 0 aromatic rings. The molecule has 1 N–H and O–H groups in total. The van der Waals surface area contributed by atoms with Gasteiger partial charge in [0.25, 0.3) is 0 Å². The Morgan fingerprint density at radius 2 is 2.19 bits per heavy atom. The fraction of sp³-hybridized carbons (Fsp3) is 0.778. The van der Waals surface area contributed by atoms with Gasteiger partial charge in [-0.3, -0.25) is 9.59 Å². The van der Waals surface area contributed by atoms with Crippen LogP contribution in [0.2, 0.25) is 0 Å². The van der Waals surface area contributed by atoms with Gasteiger partial charge in [-0.15, -0.1) is 0 Å². The highest BCUT2D eigenvalue weighted by atomic mass is 35.6. The number of nitrogens with one attached hydrogen (secondary N) is 1. The molecule has 1 saturated heterocycles. The second-order valence-corrected chi connectivity index (χ2v) is 7.14. The number of hydrogen-bond donors (Lipinski definition) is 1. The SMILES string of the molecule is CC(=O)N[C@H]([C@@H]1CSCCC1=O)C(Cl)(Cl)Cl. The summed E-state index contributed by atoms with van der Waals surface area (Å²) in [5.74, 6) is 0.693. The number of amides is 1. The van der Waals surface area contributed by atoms with E-state index in [9.17, 15) is 9.59 Å². The van der Waals surface area contributed by atoms with Gasteiger partial charge in [0.15, 0.2) is 0 Å². The summed E-state index contributed by atoms with van der Waals surface area (Å²) in [5, 5.41) is 2.55. The predicted octanol–water partition coefficient (Wildman–Crippen LogP) is 2.18. The summed E-state index contributed by atoms with van der Waals surface area (Å²) in [6.07, 6.45) is 0.464. The molecule has 3 nitrogen and oxygen atoms in total. The largest absolute Gasteiger partial charge is 0.349 e. The molecule has 0 spiro atoms. The number of halogens is 3. The van der Waals surface area contributed by atoms with Gasteiger partial charge in [0.2, 0.25) is 9.70 Å². The topological polar surface area (TPSA) is 46.2 Å². The first kappa shape index (κ1) is 14.4. The zero-order valence-corrected chi connectivity index (χ0v) is 11.7. The van der Waals surface area contributed by atoms with E-state index in [0.29, 0.717) is 12.2 Å². The smallest absolute Gasteiger partial charge is 0.217 e. The van der Waals surface area contributed by atoms with E-state index in [4.69, 9.17) is 34.8 Å². The van der Waals surface area contributed by atoms with E-state index in [0.717, 1.165) is 5.75 Å². The Kier molecular flexibility index (Phi) is 5.23. The molecule has 0 aromatic carbocycles. The summed E-state index contributed by atoms with van der Waals surface area (Å²) in [4.78, 5) is 22.8. The van der Waals surface area contributed by atoms with Crippen LogP contribution in [0.5, 0.6) is 0 Å². The summed E-state index contributed by atoms with van der Waals surface area (Å²) >= 11 is 19.0. The summed E-state index contributed by atoms with van der Waals surface area (Å²) in [7, 11) is 0. The molecule has 1 amide bonds. The zero-order chi connectivity index (χ0) is 12.3. The lowest BCUT2D eigenvalue weighted by atomic mass is 9.95. The van der Waals surface area contributed by atoms with Gasteiger partial charge in [-0.1, -0.05) is 34.8 Å². The molecule has 16 heavy (non-hydrogen) atoms. The van der Waals surface area contributed by atoms with E-state index in [1.54, 1.807) is 11.8 Å². The van der Waals surface area contributed by atoms with Crippen molar-refractivity contribution in [3.05, 3.63) is 0 Å². The average molecular weight is 305 g/mol. The lowest BCUT2D eigenvalue weighted by molar-refractivity contribution is -0.124. The van der Waals surface area contributed by atoms with Gasteiger partial charge in [-0.2, -0.15) is 11.8 Å². The van der Waals surface area contributed by atoms with Crippen molar-refractivity contribution in [3.63, 3.8) is 0 Å². The van der Waals surface area contributed by atoms with Crippen molar-refractivity contribution >= 4 is 58.3 Å². The normalized spacial score (nSPS) is 24.0. The first-order valence-electron chi connectivity index (χ1n) is 4.76. The van der Waals surface area contributed by atoms with Crippen LogP contribution in [-0.4, -0.2) is 33.0 Å². The Balaban J connectivity index is 2.82. The molecule has 1 aliphatic heterocycles. The molecule has 1 rings (SSSR count). The second-order valence-electron chi connectivity index (χ2n) is 3.62. The molecular formula is C9H12Cl3NO2S. The number of carbonyl (C=O) groups is 2. The van der Waals surface area contributed by atoms with Crippen LogP contribution < -0.4 is 5.32 Å². The van der Waals surface area contributed by atoms with Gasteiger partial charge in [0.1, 0.15) is 5.78 Å². The molecule has 0 aliphatic carbocycles. The van der Waals surface area contributed by atoms with E-state index in [1.807, 2.05) is 0 Å². The standard InChI is InChI=1S/C9H12Cl3NO2S/c1-5(14)13-8(9(10,11)12)6-4-16-3-2-7(6)15/h6,8H,2-4H2,1H3,(H,13,14)/t6-,8-/m1/s1. The molecule has 0 unspecified atom stereocenters. The van der Waals surface area contributed by atoms with Gasteiger partial charge in [0.05, 0.1) is 12.0 Å². The molecule has 1 fully saturated rings. The minimum atomic E-state index is -1.66. The van der Waals surface area contributed by atoms with Crippen molar-refractivity contribution in [2.75, 3.05) is 11.5 Å². The number of Topliss-reactive ketones (excluding diaryl/α,β-unsaturated/α-hetero) is 1. The van der Waals surface area contributed by atoms with E-state index < -0.39 is 15.8 Å². The van der Waals surface area contributed by atoms with Gasteiger partial charge in [0, 0.05) is 24.9 Å². The van der Waals surface area contributed by atoms with Crippen LogP contribution in [0.1, 0.15) is 13.3 Å². The van der Waals surface area contributed by atoms with Gasteiger partial charge >= 0.3 is 0 Å². The van der Waals surface area contributed by atoms with Crippen LogP contribution in [0.15, 0.2) is 0 Å². The van der Waals surface area contributed by atoms with E-state index in [1.165, 1.54) is 6.92 Å². The highest BCUT2D eigenvalue weighted by molar-refractivity contribution is 7.99. The van der Waals surface area contributed by atoms with Gasteiger partial charge in [-0.25, -0.2) is 0 Å².